The quantitative estimate of drug-likeness (QED) is 0.636. The molecule has 0 unspecified atom stereocenters. The standard InChI is InChI=1S/C20H20N2O2/c1-3-11-24-19-6-4-5-16(13-19)12-17(14-21)20(23)22-18-9-7-15(2)8-10-18/h4-10,12-13H,3,11H2,1-2H3,(H,22,23)/b17-12-. The summed E-state index contributed by atoms with van der Waals surface area (Å²) >= 11 is 0. The van der Waals surface area contributed by atoms with E-state index in [-0.39, 0.29) is 5.57 Å². The fourth-order valence-corrected chi connectivity index (χ4v) is 2.06. The smallest absolute Gasteiger partial charge is 0.266 e. The van der Waals surface area contributed by atoms with E-state index in [2.05, 4.69) is 5.32 Å². The highest BCUT2D eigenvalue weighted by Crippen LogP contribution is 2.17. The Morgan fingerprint density at radius 2 is 2.00 bits per heavy atom. The SMILES string of the molecule is CCCOc1cccc(/C=C(/C#N)C(=O)Nc2ccc(C)cc2)c1. The lowest BCUT2D eigenvalue weighted by atomic mass is 10.1. The van der Waals surface area contributed by atoms with Crippen LogP contribution in [0, 0.1) is 18.3 Å². The zero-order valence-electron chi connectivity index (χ0n) is 13.9. The average molecular weight is 320 g/mol. The molecule has 1 N–H and O–H groups in total. The molecule has 1 amide bonds. The highest BCUT2D eigenvalue weighted by molar-refractivity contribution is 6.09. The molecule has 4 heteroatoms. The number of aryl methyl sites for hydroxylation is 1. The van der Waals surface area contributed by atoms with E-state index in [1.807, 2.05) is 56.3 Å². The van der Waals surface area contributed by atoms with E-state index < -0.39 is 5.91 Å². The summed E-state index contributed by atoms with van der Waals surface area (Å²) in [6.45, 7) is 4.64. The number of nitrogens with one attached hydrogen (secondary N) is 1. The summed E-state index contributed by atoms with van der Waals surface area (Å²) < 4.78 is 5.57. The Labute approximate surface area is 142 Å². The number of benzene rings is 2. The van der Waals surface area contributed by atoms with Crippen LogP contribution >= 0.6 is 0 Å². The summed E-state index contributed by atoms with van der Waals surface area (Å²) in [5, 5.41) is 12.0. The molecule has 0 aliphatic rings. The molecule has 0 spiro atoms. The number of rotatable bonds is 6. The monoisotopic (exact) mass is 320 g/mol. The maximum absolute atomic E-state index is 12.3. The van der Waals surface area contributed by atoms with Crippen molar-refractivity contribution in [1.29, 1.82) is 5.26 Å². The highest BCUT2D eigenvalue weighted by atomic mass is 16.5. The van der Waals surface area contributed by atoms with Gasteiger partial charge in [0.15, 0.2) is 0 Å². The van der Waals surface area contributed by atoms with Crippen molar-refractivity contribution >= 4 is 17.7 Å². The fourth-order valence-electron chi connectivity index (χ4n) is 2.06. The minimum Gasteiger partial charge on any atom is -0.494 e. The van der Waals surface area contributed by atoms with Crippen LogP contribution in [0.25, 0.3) is 6.08 Å². The Hall–Kier alpha value is -3.06. The third-order valence-electron chi connectivity index (χ3n) is 3.32. The summed E-state index contributed by atoms with van der Waals surface area (Å²) in [6, 6.07) is 16.7. The van der Waals surface area contributed by atoms with Crippen LogP contribution in [0.15, 0.2) is 54.1 Å². The minimum absolute atomic E-state index is 0.0446. The van der Waals surface area contributed by atoms with Gasteiger partial charge in [-0.05, 0) is 49.2 Å². The summed E-state index contributed by atoms with van der Waals surface area (Å²) in [7, 11) is 0. The molecule has 24 heavy (non-hydrogen) atoms. The first-order valence-electron chi connectivity index (χ1n) is 7.85. The zero-order valence-corrected chi connectivity index (χ0v) is 13.9. The Balaban J connectivity index is 2.14. The van der Waals surface area contributed by atoms with Crippen molar-refractivity contribution in [2.45, 2.75) is 20.3 Å². The predicted molar refractivity (Wildman–Crippen MR) is 95.6 cm³/mol. The molecular formula is C20H20N2O2. The third kappa shape index (κ3) is 4.99. The molecule has 0 aliphatic heterocycles. The molecular weight excluding hydrogens is 300 g/mol. The Morgan fingerprint density at radius 1 is 1.25 bits per heavy atom. The van der Waals surface area contributed by atoms with Crippen molar-refractivity contribution in [1.82, 2.24) is 0 Å². The molecule has 0 heterocycles. The lowest BCUT2D eigenvalue weighted by molar-refractivity contribution is -0.112. The van der Waals surface area contributed by atoms with Crippen molar-refractivity contribution in [3.63, 3.8) is 0 Å². The van der Waals surface area contributed by atoms with Crippen molar-refractivity contribution in [3.05, 3.63) is 65.2 Å². The van der Waals surface area contributed by atoms with Gasteiger partial charge in [0.2, 0.25) is 0 Å². The summed E-state index contributed by atoms with van der Waals surface area (Å²) in [4.78, 5) is 12.3. The van der Waals surface area contributed by atoms with E-state index >= 15 is 0 Å². The Bertz CT molecular complexity index is 771. The molecule has 2 aromatic rings. The molecule has 0 radical (unpaired) electrons. The summed E-state index contributed by atoms with van der Waals surface area (Å²) in [5.41, 5.74) is 2.56. The Kier molecular flexibility index (Phi) is 6.16. The molecule has 0 saturated heterocycles. The van der Waals surface area contributed by atoms with Gasteiger partial charge in [-0.1, -0.05) is 36.8 Å². The van der Waals surface area contributed by atoms with Crippen LogP contribution < -0.4 is 10.1 Å². The maximum atomic E-state index is 12.3. The van der Waals surface area contributed by atoms with Crippen LogP contribution in [0.3, 0.4) is 0 Å². The number of carbonyl (C=O) groups excluding carboxylic acids is 1. The zero-order chi connectivity index (χ0) is 17.4. The van der Waals surface area contributed by atoms with Gasteiger partial charge in [0.1, 0.15) is 17.4 Å². The number of amides is 1. The lowest BCUT2D eigenvalue weighted by Crippen LogP contribution is -2.13. The number of nitrogens with zero attached hydrogens (tertiary/aromatic N) is 1. The molecule has 2 aromatic carbocycles. The van der Waals surface area contributed by atoms with E-state index in [1.165, 1.54) is 0 Å². The van der Waals surface area contributed by atoms with Gasteiger partial charge >= 0.3 is 0 Å². The summed E-state index contributed by atoms with van der Waals surface area (Å²) in [5.74, 6) is 0.295. The summed E-state index contributed by atoms with van der Waals surface area (Å²) in [6.07, 6.45) is 2.48. The van der Waals surface area contributed by atoms with Crippen LogP contribution in [-0.2, 0) is 4.79 Å². The van der Waals surface area contributed by atoms with Crippen LogP contribution in [0.2, 0.25) is 0 Å². The number of hydrogen-bond acceptors (Lipinski definition) is 3. The van der Waals surface area contributed by atoms with Crippen LogP contribution in [-0.4, -0.2) is 12.5 Å². The highest BCUT2D eigenvalue weighted by Gasteiger charge is 2.09. The first-order chi connectivity index (χ1) is 11.6. The van der Waals surface area contributed by atoms with Gasteiger partial charge in [0.25, 0.3) is 5.91 Å². The number of carbonyl (C=O) groups is 1. The van der Waals surface area contributed by atoms with Gasteiger partial charge in [0.05, 0.1) is 6.61 Å². The molecule has 2 rings (SSSR count). The number of ether oxygens (including phenoxy) is 1. The topological polar surface area (TPSA) is 62.1 Å². The lowest BCUT2D eigenvalue weighted by Gasteiger charge is -2.06. The van der Waals surface area contributed by atoms with E-state index in [4.69, 9.17) is 4.74 Å². The second kappa shape index (κ2) is 8.54. The van der Waals surface area contributed by atoms with Crippen molar-refractivity contribution < 1.29 is 9.53 Å². The average Bonchev–Trinajstić information content (AvgIpc) is 2.60. The number of hydrogen-bond donors (Lipinski definition) is 1. The second-order valence-corrected chi connectivity index (χ2v) is 5.41. The third-order valence-corrected chi connectivity index (χ3v) is 3.32. The van der Waals surface area contributed by atoms with E-state index in [0.717, 1.165) is 23.3 Å². The molecule has 0 atom stereocenters. The normalized spacial score (nSPS) is 10.8. The molecule has 0 bridgehead atoms. The van der Waals surface area contributed by atoms with E-state index in [9.17, 15) is 10.1 Å². The maximum Gasteiger partial charge on any atom is 0.266 e. The molecule has 4 nitrogen and oxygen atoms in total. The van der Waals surface area contributed by atoms with Gasteiger partial charge in [-0.25, -0.2) is 0 Å². The number of nitriles is 1. The van der Waals surface area contributed by atoms with Gasteiger partial charge in [-0.3, -0.25) is 4.79 Å². The molecule has 0 saturated carbocycles. The molecule has 0 fully saturated rings. The molecule has 122 valence electrons. The van der Waals surface area contributed by atoms with Crippen molar-refractivity contribution in [2.24, 2.45) is 0 Å². The number of anilines is 1. The van der Waals surface area contributed by atoms with E-state index in [0.29, 0.717) is 12.3 Å². The molecule has 0 aliphatic carbocycles. The Morgan fingerprint density at radius 3 is 2.67 bits per heavy atom. The van der Waals surface area contributed by atoms with Crippen LogP contribution in [0.4, 0.5) is 5.69 Å². The van der Waals surface area contributed by atoms with Crippen LogP contribution in [0.5, 0.6) is 5.75 Å². The van der Waals surface area contributed by atoms with Crippen LogP contribution in [0.1, 0.15) is 24.5 Å². The van der Waals surface area contributed by atoms with Gasteiger partial charge in [-0.2, -0.15) is 5.26 Å². The second-order valence-electron chi connectivity index (χ2n) is 5.41. The largest absolute Gasteiger partial charge is 0.494 e. The van der Waals surface area contributed by atoms with Crippen molar-refractivity contribution in [2.75, 3.05) is 11.9 Å². The van der Waals surface area contributed by atoms with Gasteiger partial charge < -0.3 is 10.1 Å². The predicted octanol–water partition coefficient (Wildman–Crippen LogP) is 4.33. The minimum atomic E-state index is -0.429. The van der Waals surface area contributed by atoms with E-state index in [1.54, 1.807) is 18.2 Å². The van der Waals surface area contributed by atoms with Gasteiger partial charge in [-0.15, -0.1) is 0 Å². The van der Waals surface area contributed by atoms with Crippen molar-refractivity contribution in [3.8, 4) is 11.8 Å². The molecule has 0 aromatic heterocycles. The first-order valence-corrected chi connectivity index (χ1v) is 7.85. The fraction of sp³-hybridized carbons (Fsp3) is 0.200. The van der Waals surface area contributed by atoms with Gasteiger partial charge in [0, 0.05) is 5.69 Å². The first kappa shape index (κ1) is 17.3.